The Kier molecular flexibility index (Phi) is 2.59. The summed E-state index contributed by atoms with van der Waals surface area (Å²) in [4.78, 5) is 1.91. The number of nitrogens with zero attached hydrogens (tertiary/aromatic N) is 1. The predicted molar refractivity (Wildman–Crippen MR) is 31.1 cm³/mol. The van der Waals surface area contributed by atoms with Crippen LogP contribution in [0.3, 0.4) is 0 Å². The molecule has 1 saturated heterocycles. The van der Waals surface area contributed by atoms with Crippen molar-refractivity contribution in [2.24, 2.45) is 0 Å². The Labute approximate surface area is 56.3 Å². The fourth-order valence-corrected chi connectivity index (χ4v) is 0.864. The zero-order chi connectivity index (χ0) is 6.69. The fraction of sp³-hybridized carbons (Fsp3) is 1.00. The quantitative estimate of drug-likeness (QED) is 0.507. The Morgan fingerprint density at radius 1 is 1.67 bits per heavy atom. The van der Waals surface area contributed by atoms with E-state index in [2.05, 4.69) is 4.18 Å². The van der Waals surface area contributed by atoms with Gasteiger partial charge in [0.15, 0.2) is 0 Å². The fourth-order valence-electron chi connectivity index (χ4n) is 0.628. The largest absolute Gasteiger partial charge is 0.750 e. The van der Waals surface area contributed by atoms with Crippen molar-refractivity contribution < 1.29 is 12.9 Å². The van der Waals surface area contributed by atoms with Crippen molar-refractivity contribution >= 4 is 11.4 Å². The minimum absolute atomic E-state index is 0.218. The van der Waals surface area contributed by atoms with E-state index in [-0.39, 0.29) is 6.73 Å². The number of likely N-dealkylation sites (tertiary alicyclic amines) is 1. The molecule has 0 amide bonds. The van der Waals surface area contributed by atoms with Gasteiger partial charge in [0, 0.05) is 13.1 Å². The summed E-state index contributed by atoms with van der Waals surface area (Å²) < 4.78 is 23.9. The van der Waals surface area contributed by atoms with Gasteiger partial charge in [0.1, 0.15) is 6.73 Å². The molecule has 0 aromatic carbocycles. The third-order valence-electron chi connectivity index (χ3n) is 1.28. The van der Waals surface area contributed by atoms with E-state index in [0.717, 1.165) is 19.5 Å². The van der Waals surface area contributed by atoms with Gasteiger partial charge in [-0.2, -0.15) is 0 Å². The van der Waals surface area contributed by atoms with Gasteiger partial charge in [-0.05, 0) is 6.42 Å². The molecule has 54 valence electrons. The van der Waals surface area contributed by atoms with Crippen molar-refractivity contribution in [1.82, 2.24) is 4.90 Å². The van der Waals surface area contributed by atoms with Gasteiger partial charge < -0.3 is 4.55 Å². The third-order valence-corrected chi connectivity index (χ3v) is 1.58. The number of rotatable bonds is 3. The van der Waals surface area contributed by atoms with Gasteiger partial charge in [0.2, 0.25) is 0 Å². The molecule has 1 unspecified atom stereocenters. The van der Waals surface area contributed by atoms with Crippen molar-refractivity contribution in [2.45, 2.75) is 6.42 Å². The summed E-state index contributed by atoms with van der Waals surface area (Å²) in [5.74, 6) is 0. The highest BCUT2D eigenvalue weighted by Crippen LogP contribution is 2.04. The summed E-state index contributed by atoms with van der Waals surface area (Å²) in [6.07, 6.45) is 1.15. The second-order valence-electron chi connectivity index (χ2n) is 1.92. The molecule has 0 saturated carbocycles. The summed E-state index contributed by atoms with van der Waals surface area (Å²) in [5.41, 5.74) is 0. The van der Waals surface area contributed by atoms with Crippen molar-refractivity contribution in [1.29, 1.82) is 0 Å². The zero-order valence-corrected chi connectivity index (χ0v) is 5.73. The Balaban J connectivity index is 1.97. The maximum Gasteiger partial charge on any atom is 0.115 e. The van der Waals surface area contributed by atoms with Crippen LogP contribution in [0.4, 0.5) is 0 Å². The zero-order valence-electron chi connectivity index (χ0n) is 4.91. The molecule has 0 N–H and O–H groups in total. The maximum absolute atomic E-state index is 9.79. The first-order valence-electron chi connectivity index (χ1n) is 2.74. The molecule has 5 heteroatoms. The minimum Gasteiger partial charge on any atom is -0.750 e. The van der Waals surface area contributed by atoms with Gasteiger partial charge in [-0.1, -0.05) is 0 Å². The first kappa shape index (κ1) is 7.14. The van der Waals surface area contributed by atoms with E-state index in [1.54, 1.807) is 0 Å². The summed E-state index contributed by atoms with van der Waals surface area (Å²) >= 11 is -2.35. The second kappa shape index (κ2) is 3.26. The molecule has 0 spiro atoms. The Hall–Kier alpha value is 0.0300. The van der Waals surface area contributed by atoms with E-state index in [4.69, 9.17) is 0 Å². The van der Waals surface area contributed by atoms with Crippen molar-refractivity contribution in [2.75, 3.05) is 19.8 Å². The first-order valence-corrected chi connectivity index (χ1v) is 3.74. The minimum atomic E-state index is -2.35. The lowest BCUT2D eigenvalue weighted by Gasteiger charge is -2.29. The van der Waals surface area contributed by atoms with Crippen molar-refractivity contribution in [3.05, 3.63) is 0 Å². The molecule has 0 bridgehead atoms. The van der Waals surface area contributed by atoms with Gasteiger partial charge in [0.05, 0.1) is 11.4 Å². The third kappa shape index (κ3) is 2.40. The van der Waals surface area contributed by atoms with Crippen LogP contribution in [0, 0.1) is 0 Å². The lowest BCUT2D eigenvalue weighted by molar-refractivity contribution is 0.0752. The van der Waals surface area contributed by atoms with Gasteiger partial charge >= 0.3 is 0 Å². The summed E-state index contributed by atoms with van der Waals surface area (Å²) in [7, 11) is 0. The van der Waals surface area contributed by atoms with E-state index in [9.17, 15) is 8.76 Å². The number of hydrogen-bond acceptors (Lipinski definition) is 4. The average molecular weight is 150 g/mol. The molecule has 1 heterocycles. The molecule has 9 heavy (non-hydrogen) atoms. The van der Waals surface area contributed by atoms with Crippen LogP contribution in [-0.4, -0.2) is 33.5 Å². The van der Waals surface area contributed by atoms with Crippen LogP contribution in [0.25, 0.3) is 0 Å². The molecule has 0 aliphatic carbocycles. The summed E-state index contributed by atoms with van der Waals surface area (Å²) in [5, 5.41) is 0. The molecule has 0 aromatic rings. The molecule has 0 radical (unpaired) electrons. The van der Waals surface area contributed by atoms with Gasteiger partial charge in [-0.15, -0.1) is 0 Å². The molecule has 1 aliphatic heterocycles. The molecular formula is C4H8NO3S-. The Morgan fingerprint density at radius 3 is 2.67 bits per heavy atom. The van der Waals surface area contributed by atoms with Crippen molar-refractivity contribution in [3.63, 3.8) is 0 Å². The average Bonchev–Trinajstić information content (AvgIpc) is 1.60. The summed E-state index contributed by atoms with van der Waals surface area (Å²) in [6.45, 7) is 2.13. The van der Waals surface area contributed by atoms with Crippen LogP contribution in [0.1, 0.15) is 6.42 Å². The van der Waals surface area contributed by atoms with Crippen LogP contribution in [0.15, 0.2) is 0 Å². The Bertz CT molecular complexity index is 114. The second-order valence-corrected chi connectivity index (χ2v) is 2.57. The molecule has 4 nitrogen and oxygen atoms in total. The molecule has 1 aliphatic rings. The van der Waals surface area contributed by atoms with Crippen molar-refractivity contribution in [3.8, 4) is 0 Å². The first-order chi connectivity index (χ1) is 4.29. The van der Waals surface area contributed by atoms with E-state index in [1.807, 2.05) is 4.90 Å². The topological polar surface area (TPSA) is 52.6 Å². The molecule has 1 atom stereocenters. The monoisotopic (exact) mass is 150 g/mol. The molecule has 0 aromatic heterocycles. The smallest absolute Gasteiger partial charge is 0.115 e. The highest BCUT2D eigenvalue weighted by atomic mass is 32.2. The summed E-state index contributed by atoms with van der Waals surface area (Å²) in [6, 6.07) is 0. The van der Waals surface area contributed by atoms with Gasteiger partial charge in [-0.25, -0.2) is 4.21 Å². The maximum atomic E-state index is 9.79. The van der Waals surface area contributed by atoms with E-state index in [0.29, 0.717) is 0 Å². The highest BCUT2D eigenvalue weighted by Gasteiger charge is 2.12. The molecule has 1 fully saturated rings. The van der Waals surface area contributed by atoms with Gasteiger partial charge in [-0.3, -0.25) is 9.08 Å². The van der Waals surface area contributed by atoms with E-state index in [1.165, 1.54) is 0 Å². The van der Waals surface area contributed by atoms with Gasteiger partial charge in [0.25, 0.3) is 0 Å². The van der Waals surface area contributed by atoms with E-state index >= 15 is 0 Å². The number of hydrogen-bond donors (Lipinski definition) is 0. The SMILES string of the molecule is O=S([O-])OCN1CCC1. The predicted octanol–water partition coefficient (Wildman–Crippen LogP) is -0.540. The highest BCUT2D eigenvalue weighted by molar-refractivity contribution is 7.74. The normalized spacial score (nSPS) is 23.2. The standard InChI is InChI=1S/C4H9NO3S/c6-9(7)8-4-5-2-1-3-5/h1-4H2,(H,6,7)/p-1. The van der Waals surface area contributed by atoms with Crippen LogP contribution in [-0.2, 0) is 15.5 Å². The lowest BCUT2D eigenvalue weighted by atomic mass is 10.2. The van der Waals surface area contributed by atoms with Crippen LogP contribution in [0.5, 0.6) is 0 Å². The molecule has 1 rings (SSSR count). The van der Waals surface area contributed by atoms with E-state index < -0.39 is 11.4 Å². The van der Waals surface area contributed by atoms with Crippen LogP contribution < -0.4 is 0 Å². The Morgan fingerprint density at radius 2 is 2.33 bits per heavy atom. The van der Waals surface area contributed by atoms with Crippen LogP contribution in [0.2, 0.25) is 0 Å². The van der Waals surface area contributed by atoms with Crippen LogP contribution >= 0.6 is 0 Å². The lowest BCUT2D eigenvalue weighted by Crippen LogP contribution is -2.38. The molecular weight excluding hydrogens is 142 g/mol.